The number of anilines is 2. The number of rotatable bonds is 7. The van der Waals surface area contributed by atoms with Crippen molar-refractivity contribution in [3.05, 3.63) is 52.6 Å². The molecule has 0 bridgehead atoms. The lowest BCUT2D eigenvalue weighted by atomic mass is 10.2. The monoisotopic (exact) mass is 467 g/mol. The maximum Gasteiger partial charge on any atom is 0.414 e. The van der Waals surface area contributed by atoms with E-state index < -0.39 is 4.92 Å². The van der Waals surface area contributed by atoms with Crippen LogP contribution in [-0.4, -0.2) is 75.4 Å². The van der Waals surface area contributed by atoms with Crippen molar-refractivity contribution in [3.63, 3.8) is 0 Å². The first kappa shape index (κ1) is 21.8. The summed E-state index contributed by atoms with van der Waals surface area (Å²) in [7, 11) is 1.61. The Morgan fingerprint density at radius 3 is 2.59 bits per heavy atom. The summed E-state index contributed by atoms with van der Waals surface area (Å²) in [6, 6.07) is 4.17. The van der Waals surface area contributed by atoms with Gasteiger partial charge in [-0.3, -0.25) is 4.57 Å². The molecule has 178 valence electrons. The van der Waals surface area contributed by atoms with E-state index in [0.29, 0.717) is 31.5 Å². The van der Waals surface area contributed by atoms with Gasteiger partial charge in [-0.05, 0) is 11.0 Å². The number of methoxy groups -OCH3 is 1. The van der Waals surface area contributed by atoms with E-state index in [4.69, 9.17) is 9.47 Å². The third kappa shape index (κ3) is 4.69. The van der Waals surface area contributed by atoms with Crippen molar-refractivity contribution >= 4 is 17.5 Å². The minimum Gasteiger partial charge on any atom is -0.481 e. The molecule has 13 heteroatoms. The number of ether oxygens (including phenoxy) is 2. The van der Waals surface area contributed by atoms with E-state index in [0.717, 1.165) is 37.4 Å². The zero-order valence-corrected chi connectivity index (χ0v) is 18.7. The molecule has 0 saturated carbocycles. The lowest BCUT2D eigenvalue weighted by Crippen LogP contribution is -2.47. The third-order valence-electron chi connectivity index (χ3n) is 5.89. The van der Waals surface area contributed by atoms with Crippen LogP contribution in [0.1, 0.15) is 5.56 Å². The van der Waals surface area contributed by atoms with Crippen LogP contribution in [0, 0.1) is 10.1 Å². The number of pyridine rings is 1. The van der Waals surface area contributed by atoms with Crippen molar-refractivity contribution in [2.45, 2.75) is 19.1 Å². The fourth-order valence-electron chi connectivity index (χ4n) is 4.02. The maximum absolute atomic E-state index is 10.9. The molecular formula is C21H25N9O4. The first-order valence-corrected chi connectivity index (χ1v) is 11.0. The summed E-state index contributed by atoms with van der Waals surface area (Å²) in [4.78, 5) is 32.1. The van der Waals surface area contributed by atoms with Crippen LogP contribution in [0.4, 0.5) is 17.5 Å². The van der Waals surface area contributed by atoms with Crippen molar-refractivity contribution in [1.82, 2.24) is 29.8 Å². The first-order chi connectivity index (χ1) is 16.6. The molecule has 5 rings (SSSR count). The van der Waals surface area contributed by atoms with Gasteiger partial charge in [0, 0.05) is 68.3 Å². The van der Waals surface area contributed by atoms with Gasteiger partial charge in [-0.25, -0.2) is 15.0 Å². The van der Waals surface area contributed by atoms with Gasteiger partial charge in [-0.15, -0.1) is 0 Å². The fourth-order valence-corrected chi connectivity index (χ4v) is 4.02. The Bertz CT molecular complexity index is 1130. The SMILES string of the molecule is COc1ccc(N2CCN(c3ncc(CNC4COc5nc([N+](=O)[O-])cn5C4)cn3)CC2)cn1. The van der Waals surface area contributed by atoms with Crippen LogP contribution in [0.25, 0.3) is 0 Å². The van der Waals surface area contributed by atoms with Crippen LogP contribution >= 0.6 is 0 Å². The van der Waals surface area contributed by atoms with Gasteiger partial charge in [-0.1, -0.05) is 0 Å². The quantitative estimate of drug-likeness (QED) is 0.391. The highest BCUT2D eigenvalue weighted by atomic mass is 16.6. The molecule has 3 aromatic heterocycles. The van der Waals surface area contributed by atoms with Gasteiger partial charge in [0.25, 0.3) is 0 Å². The lowest BCUT2D eigenvalue weighted by molar-refractivity contribution is -0.389. The van der Waals surface area contributed by atoms with Gasteiger partial charge >= 0.3 is 11.8 Å². The highest BCUT2D eigenvalue weighted by molar-refractivity contribution is 5.47. The summed E-state index contributed by atoms with van der Waals surface area (Å²) in [5, 5.41) is 14.3. The first-order valence-electron chi connectivity index (χ1n) is 11.0. The summed E-state index contributed by atoms with van der Waals surface area (Å²) in [5.74, 6) is 1.12. The molecule has 2 aliphatic heterocycles. The van der Waals surface area contributed by atoms with E-state index in [1.54, 1.807) is 11.7 Å². The molecule has 1 N–H and O–H groups in total. The molecule has 2 aliphatic rings. The van der Waals surface area contributed by atoms with Crippen LogP contribution in [0.15, 0.2) is 36.9 Å². The second-order valence-electron chi connectivity index (χ2n) is 8.10. The molecular weight excluding hydrogens is 442 g/mol. The van der Waals surface area contributed by atoms with E-state index in [1.165, 1.54) is 6.20 Å². The summed E-state index contributed by atoms with van der Waals surface area (Å²) in [5.41, 5.74) is 2.03. The molecule has 0 aromatic carbocycles. The van der Waals surface area contributed by atoms with E-state index >= 15 is 0 Å². The van der Waals surface area contributed by atoms with Crippen molar-refractivity contribution in [2.75, 3.05) is 49.7 Å². The lowest BCUT2D eigenvalue weighted by Gasteiger charge is -2.35. The third-order valence-corrected chi connectivity index (χ3v) is 5.89. The Kier molecular flexibility index (Phi) is 6.08. The van der Waals surface area contributed by atoms with E-state index in [1.807, 2.05) is 30.7 Å². The number of aromatic nitrogens is 5. The second kappa shape index (κ2) is 9.47. The van der Waals surface area contributed by atoms with E-state index in [9.17, 15) is 10.1 Å². The molecule has 0 radical (unpaired) electrons. The van der Waals surface area contributed by atoms with Crippen LogP contribution < -0.4 is 24.6 Å². The zero-order valence-electron chi connectivity index (χ0n) is 18.7. The minimum atomic E-state index is -0.522. The van der Waals surface area contributed by atoms with Crippen LogP contribution in [-0.2, 0) is 13.1 Å². The Morgan fingerprint density at radius 2 is 1.91 bits per heavy atom. The predicted octanol–water partition coefficient (Wildman–Crippen LogP) is 0.862. The van der Waals surface area contributed by atoms with E-state index in [2.05, 4.69) is 35.1 Å². The Hall–Kier alpha value is -4.00. The average molecular weight is 467 g/mol. The number of nitrogens with zero attached hydrogens (tertiary/aromatic N) is 8. The van der Waals surface area contributed by atoms with Crippen LogP contribution in [0.3, 0.4) is 0 Å². The number of hydrogen-bond donors (Lipinski definition) is 1. The summed E-state index contributed by atoms with van der Waals surface area (Å²) in [6.07, 6.45) is 6.88. The smallest absolute Gasteiger partial charge is 0.414 e. The Balaban J connectivity index is 1.11. The number of nitro groups is 1. The van der Waals surface area contributed by atoms with Crippen molar-refractivity contribution in [3.8, 4) is 11.9 Å². The van der Waals surface area contributed by atoms with Gasteiger partial charge in [0.1, 0.15) is 12.8 Å². The molecule has 3 aromatic rings. The average Bonchev–Trinajstić information content (AvgIpc) is 3.32. The van der Waals surface area contributed by atoms with Crippen molar-refractivity contribution < 1.29 is 14.4 Å². The summed E-state index contributed by atoms with van der Waals surface area (Å²) in [6.45, 7) is 4.86. The van der Waals surface area contributed by atoms with Crippen LogP contribution in [0.5, 0.6) is 11.9 Å². The number of piperazine rings is 1. The Morgan fingerprint density at radius 1 is 1.15 bits per heavy atom. The molecule has 1 unspecified atom stereocenters. The van der Waals surface area contributed by atoms with Gasteiger partial charge < -0.3 is 34.7 Å². The van der Waals surface area contributed by atoms with Gasteiger partial charge in [0.15, 0.2) is 0 Å². The largest absolute Gasteiger partial charge is 0.481 e. The normalized spacial score (nSPS) is 17.7. The molecule has 0 spiro atoms. The maximum atomic E-state index is 10.9. The molecule has 1 fully saturated rings. The number of fused-ring (bicyclic) bond motifs is 1. The van der Waals surface area contributed by atoms with E-state index in [-0.39, 0.29) is 17.9 Å². The summed E-state index contributed by atoms with van der Waals surface area (Å²) >= 11 is 0. The summed E-state index contributed by atoms with van der Waals surface area (Å²) < 4.78 is 12.3. The van der Waals surface area contributed by atoms with Gasteiger partial charge in [-0.2, -0.15) is 0 Å². The van der Waals surface area contributed by atoms with Crippen molar-refractivity contribution in [2.24, 2.45) is 0 Å². The van der Waals surface area contributed by atoms with Gasteiger partial charge in [0.2, 0.25) is 11.8 Å². The minimum absolute atomic E-state index is 0.00139. The second-order valence-corrected chi connectivity index (χ2v) is 8.10. The topological polar surface area (TPSA) is 137 Å². The number of hydrogen-bond acceptors (Lipinski definition) is 11. The van der Waals surface area contributed by atoms with Gasteiger partial charge in [0.05, 0.1) is 25.0 Å². The predicted molar refractivity (Wildman–Crippen MR) is 122 cm³/mol. The molecule has 0 amide bonds. The molecule has 34 heavy (non-hydrogen) atoms. The fraction of sp³-hybridized carbons (Fsp3) is 0.429. The van der Waals surface area contributed by atoms with Crippen LogP contribution in [0.2, 0.25) is 0 Å². The molecule has 5 heterocycles. The Labute approximate surface area is 195 Å². The number of nitrogens with one attached hydrogen (secondary N) is 1. The number of imidazole rings is 1. The molecule has 0 aliphatic carbocycles. The molecule has 13 nitrogen and oxygen atoms in total. The molecule has 1 saturated heterocycles. The standard InChI is InChI=1S/C21H25N9O4/c1-33-19-3-2-17(11-23-19)27-4-6-28(7-5-27)20-24-9-15(10-25-20)8-22-16-12-29-13-18(30(31)32)26-21(29)34-14-16/h2-3,9-11,13,16,22H,4-8,12,14H2,1H3. The highest BCUT2D eigenvalue weighted by Crippen LogP contribution is 2.22. The van der Waals surface area contributed by atoms with Crippen molar-refractivity contribution in [1.29, 1.82) is 0 Å². The highest BCUT2D eigenvalue weighted by Gasteiger charge is 2.27. The zero-order chi connectivity index (χ0) is 23.5. The molecule has 1 atom stereocenters.